The van der Waals surface area contributed by atoms with Crippen LogP contribution in [0.25, 0.3) is 0 Å². The first-order valence-electron chi connectivity index (χ1n) is 9.73. The van der Waals surface area contributed by atoms with E-state index in [-0.39, 0.29) is 17.3 Å². The molecule has 3 rings (SSSR count). The Balaban J connectivity index is 1.77. The molecule has 0 unspecified atom stereocenters. The van der Waals surface area contributed by atoms with Gasteiger partial charge in [-0.25, -0.2) is 12.8 Å². The van der Waals surface area contributed by atoms with Crippen LogP contribution in [-0.4, -0.2) is 31.7 Å². The van der Waals surface area contributed by atoms with Gasteiger partial charge in [-0.15, -0.1) is 0 Å². The van der Waals surface area contributed by atoms with E-state index in [1.54, 1.807) is 13.8 Å². The van der Waals surface area contributed by atoms with Gasteiger partial charge in [-0.2, -0.15) is 4.31 Å². The Labute approximate surface area is 172 Å². The summed E-state index contributed by atoms with van der Waals surface area (Å²) in [6, 6.07) is 11.6. The topological polar surface area (TPSA) is 66.5 Å². The van der Waals surface area contributed by atoms with E-state index >= 15 is 0 Å². The fraction of sp³-hybridized carbons (Fsp3) is 0.409. The number of hydrogen-bond acceptors (Lipinski definition) is 3. The highest BCUT2D eigenvalue weighted by molar-refractivity contribution is 7.89. The number of sulfonamides is 1. The molecule has 2 aromatic carbocycles. The Kier molecular flexibility index (Phi) is 6.10. The minimum absolute atomic E-state index is 0.0398. The normalized spacial score (nSPS) is 20.4. The average Bonchev–Trinajstić information content (AvgIpc) is 2.69. The number of aryl methyl sites for hydroxylation is 2. The Morgan fingerprint density at radius 1 is 1.17 bits per heavy atom. The number of halogens is 1. The van der Waals surface area contributed by atoms with Crippen molar-refractivity contribution in [3.8, 4) is 0 Å². The molecule has 1 aliphatic rings. The Morgan fingerprint density at radius 2 is 1.90 bits per heavy atom. The number of nitrogens with one attached hydrogen (secondary N) is 1. The largest absolute Gasteiger partial charge is 0.352 e. The number of hydrogen-bond donors (Lipinski definition) is 1. The van der Waals surface area contributed by atoms with Gasteiger partial charge in [-0.3, -0.25) is 4.79 Å². The van der Waals surface area contributed by atoms with E-state index in [0.29, 0.717) is 31.5 Å². The first-order valence-corrected chi connectivity index (χ1v) is 11.2. The van der Waals surface area contributed by atoms with Crippen molar-refractivity contribution in [2.45, 2.75) is 45.1 Å². The van der Waals surface area contributed by atoms with Gasteiger partial charge in [-0.1, -0.05) is 30.3 Å². The van der Waals surface area contributed by atoms with Crippen molar-refractivity contribution >= 4 is 15.9 Å². The van der Waals surface area contributed by atoms with Gasteiger partial charge in [-0.05, 0) is 62.4 Å². The van der Waals surface area contributed by atoms with Gasteiger partial charge in [0.15, 0.2) is 0 Å². The zero-order valence-corrected chi connectivity index (χ0v) is 17.9. The second-order valence-electron chi connectivity index (χ2n) is 8.02. The predicted molar refractivity (Wildman–Crippen MR) is 110 cm³/mol. The molecule has 7 heteroatoms. The molecule has 1 amide bonds. The molecule has 0 aromatic heterocycles. The van der Waals surface area contributed by atoms with Gasteiger partial charge >= 0.3 is 0 Å². The van der Waals surface area contributed by atoms with E-state index in [1.165, 1.54) is 16.4 Å². The average molecular weight is 419 g/mol. The Morgan fingerprint density at radius 3 is 2.62 bits per heavy atom. The lowest BCUT2D eigenvalue weighted by molar-refractivity contribution is -0.132. The number of benzene rings is 2. The maximum atomic E-state index is 13.7. The van der Waals surface area contributed by atoms with Crippen LogP contribution in [0.5, 0.6) is 0 Å². The number of carbonyl (C=O) groups excluding carboxylic acids is 1. The molecule has 1 heterocycles. The van der Waals surface area contributed by atoms with Crippen molar-refractivity contribution in [3.05, 3.63) is 65.0 Å². The first-order chi connectivity index (χ1) is 13.6. The molecule has 0 aliphatic carbocycles. The second kappa shape index (κ2) is 8.24. The molecule has 29 heavy (non-hydrogen) atoms. The van der Waals surface area contributed by atoms with E-state index in [4.69, 9.17) is 0 Å². The fourth-order valence-electron chi connectivity index (χ4n) is 3.77. The summed E-state index contributed by atoms with van der Waals surface area (Å²) in [4.78, 5) is 12.9. The molecule has 1 aliphatic heterocycles. The minimum Gasteiger partial charge on any atom is -0.352 e. The summed E-state index contributed by atoms with van der Waals surface area (Å²) in [5.41, 5.74) is 1.77. The summed E-state index contributed by atoms with van der Waals surface area (Å²) < 4.78 is 41.2. The highest BCUT2D eigenvalue weighted by Gasteiger charge is 2.42. The zero-order chi connectivity index (χ0) is 21.2. The van der Waals surface area contributed by atoms with Gasteiger partial charge in [0.2, 0.25) is 15.9 Å². The molecule has 1 fully saturated rings. The van der Waals surface area contributed by atoms with E-state index in [9.17, 15) is 17.6 Å². The van der Waals surface area contributed by atoms with Gasteiger partial charge in [0.1, 0.15) is 5.82 Å². The summed E-state index contributed by atoms with van der Waals surface area (Å²) >= 11 is 0. The Hall–Kier alpha value is -2.25. The molecule has 1 atom stereocenters. The molecule has 1 N–H and O–H groups in total. The molecule has 5 nitrogen and oxygen atoms in total. The van der Waals surface area contributed by atoms with Crippen LogP contribution in [0.1, 0.15) is 36.5 Å². The van der Waals surface area contributed by atoms with E-state index in [1.807, 2.05) is 31.2 Å². The molecule has 0 bridgehead atoms. The van der Waals surface area contributed by atoms with Crippen LogP contribution in [0.2, 0.25) is 0 Å². The third-order valence-corrected chi connectivity index (χ3v) is 7.67. The smallest absolute Gasteiger partial charge is 0.243 e. The maximum absolute atomic E-state index is 13.7. The summed E-state index contributed by atoms with van der Waals surface area (Å²) in [5.74, 6) is -0.762. The van der Waals surface area contributed by atoms with Crippen molar-refractivity contribution in [1.29, 1.82) is 0 Å². The molecule has 2 aromatic rings. The molecule has 0 spiro atoms. The fourth-order valence-corrected chi connectivity index (χ4v) is 5.61. The Bertz CT molecular complexity index is 1020. The summed E-state index contributed by atoms with van der Waals surface area (Å²) in [6.07, 6.45) is 1.17. The minimum atomic E-state index is -3.88. The third kappa shape index (κ3) is 4.51. The van der Waals surface area contributed by atoms with Crippen molar-refractivity contribution in [2.24, 2.45) is 5.41 Å². The molecule has 0 radical (unpaired) electrons. The second-order valence-corrected chi connectivity index (χ2v) is 9.93. The lowest BCUT2D eigenvalue weighted by Crippen LogP contribution is -2.51. The van der Waals surface area contributed by atoms with Crippen LogP contribution in [0.3, 0.4) is 0 Å². The number of rotatable bonds is 5. The lowest BCUT2D eigenvalue weighted by atomic mass is 9.82. The first kappa shape index (κ1) is 21.5. The van der Waals surface area contributed by atoms with Crippen molar-refractivity contribution < 1.29 is 17.6 Å². The number of carbonyl (C=O) groups is 1. The van der Waals surface area contributed by atoms with Gasteiger partial charge in [0.25, 0.3) is 0 Å². The van der Waals surface area contributed by atoms with E-state index < -0.39 is 21.3 Å². The summed E-state index contributed by atoms with van der Waals surface area (Å²) in [6.45, 7) is 6.21. The van der Waals surface area contributed by atoms with Crippen LogP contribution < -0.4 is 5.32 Å². The van der Waals surface area contributed by atoms with Crippen LogP contribution in [0, 0.1) is 25.1 Å². The van der Waals surface area contributed by atoms with E-state index in [0.717, 1.165) is 17.2 Å². The monoisotopic (exact) mass is 418 g/mol. The number of nitrogens with zero attached hydrogens (tertiary/aromatic N) is 1. The number of piperidine rings is 1. The lowest BCUT2D eigenvalue weighted by Gasteiger charge is -2.38. The van der Waals surface area contributed by atoms with Crippen molar-refractivity contribution in [3.63, 3.8) is 0 Å². The standard InChI is InChI=1S/C22H27FN2O3S/c1-16-7-4-5-8-18(16)14-24-21(26)22(3)11-6-12-25(15-22)29(27,28)20-13-19(23)10-9-17(20)2/h4-5,7-10,13H,6,11-12,14-15H2,1-3H3,(H,24,26)/t22-/m0/s1. The van der Waals surface area contributed by atoms with Crippen molar-refractivity contribution in [1.82, 2.24) is 9.62 Å². The molecule has 0 saturated carbocycles. The molecule has 156 valence electrons. The van der Waals surface area contributed by atoms with Gasteiger partial charge < -0.3 is 5.32 Å². The van der Waals surface area contributed by atoms with Gasteiger partial charge in [0, 0.05) is 19.6 Å². The molecular formula is C22H27FN2O3S. The maximum Gasteiger partial charge on any atom is 0.243 e. The van der Waals surface area contributed by atoms with Crippen LogP contribution in [0.4, 0.5) is 4.39 Å². The highest BCUT2D eigenvalue weighted by atomic mass is 32.2. The van der Waals surface area contributed by atoms with Crippen LogP contribution in [0.15, 0.2) is 47.4 Å². The van der Waals surface area contributed by atoms with Crippen molar-refractivity contribution in [2.75, 3.05) is 13.1 Å². The summed E-state index contributed by atoms with van der Waals surface area (Å²) in [7, 11) is -3.88. The van der Waals surface area contributed by atoms with Gasteiger partial charge in [0.05, 0.1) is 10.3 Å². The van der Waals surface area contributed by atoms with Crippen LogP contribution >= 0.6 is 0 Å². The molecular weight excluding hydrogens is 391 g/mol. The number of amides is 1. The summed E-state index contributed by atoms with van der Waals surface area (Å²) in [5, 5.41) is 2.96. The zero-order valence-electron chi connectivity index (χ0n) is 17.0. The highest BCUT2D eigenvalue weighted by Crippen LogP contribution is 2.33. The van der Waals surface area contributed by atoms with Crippen LogP contribution in [-0.2, 0) is 21.4 Å². The molecule has 1 saturated heterocycles. The third-order valence-electron chi connectivity index (χ3n) is 5.68. The van der Waals surface area contributed by atoms with E-state index in [2.05, 4.69) is 5.32 Å². The SMILES string of the molecule is Cc1ccccc1CNC(=O)[C@@]1(C)CCCN(S(=O)(=O)c2cc(F)ccc2C)C1. The quantitative estimate of drug-likeness (QED) is 0.808. The predicted octanol–water partition coefficient (Wildman–Crippen LogP) is 3.55.